The third-order valence-corrected chi connectivity index (χ3v) is 2.11. The molecule has 0 radical (unpaired) electrons. The van der Waals surface area contributed by atoms with Crippen LogP contribution in [0.1, 0.15) is 22.3 Å². The number of Topliss-reactive ketones (excluding diaryl/α,β-unsaturated/α-hetero) is 1. The van der Waals surface area contributed by atoms with E-state index in [0.717, 1.165) is 16.8 Å². The minimum Gasteiger partial charge on any atom is -0.313 e. The van der Waals surface area contributed by atoms with E-state index in [9.17, 15) is 4.79 Å². The summed E-state index contributed by atoms with van der Waals surface area (Å²) in [6.07, 6.45) is 0.417. The number of ketones is 1. The molecular weight excluding hydrogens is 164 g/mol. The van der Waals surface area contributed by atoms with Gasteiger partial charge in [-0.3, -0.25) is 4.79 Å². The minimum absolute atomic E-state index is 0.157. The number of nitrogens with zero attached hydrogens (tertiary/aromatic N) is 1. The Morgan fingerprint density at radius 2 is 2.00 bits per heavy atom. The summed E-state index contributed by atoms with van der Waals surface area (Å²) in [5.41, 5.74) is 5.29. The first kappa shape index (κ1) is 7.98. The molecule has 3 heteroatoms. The molecule has 0 aliphatic heterocycles. The maximum absolute atomic E-state index is 11.4. The van der Waals surface area contributed by atoms with Crippen molar-refractivity contribution in [2.45, 2.75) is 6.42 Å². The van der Waals surface area contributed by atoms with Crippen molar-refractivity contribution >= 4 is 11.5 Å². The molecule has 13 heavy (non-hydrogen) atoms. The zero-order valence-corrected chi connectivity index (χ0v) is 7.37. The summed E-state index contributed by atoms with van der Waals surface area (Å²) < 4.78 is 0. The van der Waals surface area contributed by atoms with Crippen LogP contribution in [0.15, 0.2) is 29.4 Å². The number of carbonyl (C=O) groups excluding carboxylic acids is 1. The number of hydrazone groups is 1. The zero-order valence-electron chi connectivity index (χ0n) is 7.37. The van der Waals surface area contributed by atoms with E-state index in [-0.39, 0.29) is 5.78 Å². The van der Waals surface area contributed by atoms with Crippen molar-refractivity contribution in [1.29, 1.82) is 0 Å². The van der Waals surface area contributed by atoms with Gasteiger partial charge in [0, 0.05) is 18.2 Å². The van der Waals surface area contributed by atoms with Crippen LogP contribution in [-0.4, -0.2) is 18.5 Å². The molecule has 1 aliphatic carbocycles. The SMILES string of the molecule is CN/N=C1\CC(=O)c2ccccc21. The van der Waals surface area contributed by atoms with Crippen LogP contribution in [0.5, 0.6) is 0 Å². The smallest absolute Gasteiger partial charge is 0.169 e. The normalized spacial score (nSPS) is 17.6. The highest BCUT2D eigenvalue weighted by Crippen LogP contribution is 2.21. The number of fused-ring (bicyclic) bond motifs is 1. The van der Waals surface area contributed by atoms with E-state index >= 15 is 0 Å². The number of carbonyl (C=O) groups is 1. The number of hydrogen-bond acceptors (Lipinski definition) is 3. The molecule has 0 unspecified atom stereocenters. The Balaban J connectivity index is 2.53. The second-order valence-electron chi connectivity index (χ2n) is 2.93. The van der Waals surface area contributed by atoms with Gasteiger partial charge in [0.25, 0.3) is 0 Å². The third-order valence-electron chi connectivity index (χ3n) is 2.11. The number of nitrogens with one attached hydrogen (secondary N) is 1. The Kier molecular flexibility index (Phi) is 1.85. The molecule has 66 valence electrons. The second-order valence-corrected chi connectivity index (χ2v) is 2.93. The highest BCUT2D eigenvalue weighted by Gasteiger charge is 2.24. The fourth-order valence-electron chi connectivity index (χ4n) is 1.56. The second kappa shape index (κ2) is 3.01. The predicted molar refractivity (Wildman–Crippen MR) is 51.0 cm³/mol. The monoisotopic (exact) mass is 174 g/mol. The number of benzene rings is 1. The maximum Gasteiger partial charge on any atom is 0.169 e. The Morgan fingerprint density at radius 3 is 2.69 bits per heavy atom. The molecule has 2 rings (SSSR count). The van der Waals surface area contributed by atoms with Crippen molar-refractivity contribution in [2.75, 3.05) is 7.05 Å². The van der Waals surface area contributed by atoms with E-state index in [1.807, 2.05) is 24.3 Å². The van der Waals surface area contributed by atoms with E-state index in [0.29, 0.717) is 6.42 Å². The van der Waals surface area contributed by atoms with Crippen molar-refractivity contribution in [1.82, 2.24) is 5.43 Å². The summed E-state index contributed by atoms with van der Waals surface area (Å²) in [6.45, 7) is 0. The summed E-state index contributed by atoms with van der Waals surface area (Å²) in [5, 5.41) is 4.06. The lowest BCUT2D eigenvalue weighted by Crippen LogP contribution is -2.03. The molecule has 0 aromatic heterocycles. The summed E-state index contributed by atoms with van der Waals surface area (Å²) in [7, 11) is 1.73. The molecule has 3 nitrogen and oxygen atoms in total. The van der Waals surface area contributed by atoms with Crippen LogP contribution in [0, 0.1) is 0 Å². The molecular formula is C10H10N2O. The van der Waals surface area contributed by atoms with Crippen molar-refractivity contribution in [3.8, 4) is 0 Å². The first-order valence-electron chi connectivity index (χ1n) is 4.19. The average Bonchev–Trinajstić information content (AvgIpc) is 2.46. The maximum atomic E-state index is 11.4. The molecule has 1 N–H and O–H groups in total. The Labute approximate surface area is 76.5 Å². The quantitative estimate of drug-likeness (QED) is 0.650. The van der Waals surface area contributed by atoms with Crippen molar-refractivity contribution < 1.29 is 4.79 Å². The molecule has 0 bridgehead atoms. The Hall–Kier alpha value is -1.64. The van der Waals surface area contributed by atoms with Gasteiger partial charge in [-0.25, -0.2) is 0 Å². The van der Waals surface area contributed by atoms with E-state index < -0.39 is 0 Å². The third kappa shape index (κ3) is 1.22. The Bertz CT molecular complexity index is 382. The van der Waals surface area contributed by atoms with E-state index in [1.165, 1.54) is 0 Å². The molecule has 0 fully saturated rings. The summed E-state index contributed by atoms with van der Waals surface area (Å²) >= 11 is 0. The van der Waals surface area contributed by atoms with E-state index in [4.69, 9.17) is 0 Å². The van der Waals surface area contributed by atoms with E-state index in [2.05, 4.69) is 10.5 Å². The van der Waals surface area contributed by atoms with Crippen LogP contribution in [0.25, 0.3) is 0 Å². The van der Waals surface area contributed by atoms with Crippen LogP contribution < -0.4 is 5.43 Å². The molecule has 1 aromatic carbocycles. The lowest BCUT2D eigenvalue weighted by atomic mass is 10.1. The molecule has 0 saturated heterocycles. The van der Waals surface area contributed by atoms with E-state index in [1.54, 1.807) is 7.05 Å². The molecule has 0 saturated carbocycles. The predicted octanol–water partition coefficient (Wildman–Crippen LogP) is 1.20. The number of hydrogen-bond donors (Lipinski definition) is 1. The average molecular weight is 174 g/mol. The lowest BCUT2D eigenvalue weighted by molar-refractivity contribution is 0.101. The lowest BCUT2D eigenvalue weighted by Gasteiger charge is -1.96. The molecule has 0 amide bonds. The minimum atomic E-state index is 0.157. The van der Waals surface area contributed by atoms with Crippen LogP contribution in [-0.2, 0) is 0 Å². The van der Waals surface area contributed by atoms with Gasteiger partial charge in [-0.2, -0.15) is 5.10 Å². The molecule has 1 aromatic rings. The van der Waals surface area contributed by atoms with Crippen LogP contribution in [0.2, 0.25) is 0 Å². The Morgan fingerprint density at radius 1 is 1.31 bits per heavy atom. The molecule has 0 atom stereocenters. The molecule has 0 heterocycles. The fourth-order valence-corrected chi connectivity index (χ4v) is 1.56. The van der Waals surface area contributed by atoms with Gasteiger partial charge in [0.15, 0.2) is 5.78 Å². The summed E-state index contributed by atoms with van der Waals surface area (Å²) in [6, 6.07) is 7.56. The molecule has 1 aliphatic rings. The zero-order chi connectivity index (χ0) is 9.26. The summed E-state index contributed by atoms with van der Waals surface area (Å²) in [5.74, 6) is 0.157. The van der Waals surface area contributed by atoms with Crippen molar-refractivity contribution in [3.05, 3.63) is 35.4 Å². The van der Waals surface area contributed by atoms with Gasteiger partial charge >= 0.3 is 0 Å². The van der Waals surface area contributed by atoms with Gasteiger partial charge in [-0.15, -0.1) is 0 Å². The molecule has 0 spiro atoms. The highest BCUT2D eigenvalue weighted by atomic mass is 16.1. The first-order valence-corrected chi connectivity index (χ1v) is 4.19. The largest absolute Gasteiger partial charge is 0.313 e. The van der Waals surface area contributed by atoms with Gasteiger partial charge in [0.05, 0.1) is 12.1 Å². The van der Waals surface area contributed by atoms with Gasteiger partial charge in [0.2, 0.25) is 0 Å². The van der Waals surface area contributed by atoms with Gasteiger partial charge in [-0.05, 0) is 0 Å². The van der Waals surface area contributed by atoms with Gasteiger partial charge < -0.3 is 5.43 Å². The van der Waals surface area contributed by atoms with Crippen LogP contribution >= 0.6 is 0 Å². The van der Waals surface area contributed by atoms with Crippen LogP contribution in [0.4, 0.5) is 0 Å². The van der Waals surface area contributed by atoms with Crippen LogP contribution in [0.3, 0.4) is 0 Å². The first-order chi connectivity index (χ1) is 6.33. The number of rotatable bonds is 1. The van der Waals surface area contributed by atoms with Crippen molar-refractivity contribution in [3.63, 3.8) is 0 Å². The summed E-state index contributed by atoms with van der Waals surface area (Å²) in [4.78, 5) is 11.4. The highest BCUT2D eigenvalue weighted by molar-refractivity contribution is 6.26. The van der Waals surface area contributed by atoms with Gasteiger partial charge in [0.1, 0.15) is 0 Å². The van der Waals surface area contributed by atoms with Gasteiger partial charge in [-0.1, -0.05) is 24.3 Å². The standard InChI is InChI=1S/C10H10N2O/c1-11-12-9-6-10(13)8-5-3-2-4-7(8)9/h2-5,11H,6H2,1H3/b12-9+. The van der Waals surface area contributed by atoms with Crippen molar-refractivity contribution in [2.24, 2.45) is 5.10 Å². The topological polar surface area (TPSA) is 41.5 Å². The fraction of sp³-hybridized carbons (Fsp3) is 0.200.